The van der Waals surface area contributed by atoms with Gasteiger partial charge in [-0.05, 0) is 48.4 Å². The third kappa shape index (κ3) is 3.14. The van der Waals surface area contributed by atoms with E-state index < -0.39 is 0 Å². The second kappa shape index (κ2) is 5.86. The van der Waals surface area contributed by atoms with Crippen molar-refractivity contribution in [1.82, 2.24) is 4.90 Å². The van der Waals surface area contributed by atoms with Gasteiger partial charge >= 0.3 is 0 Å². The van der Waals surface area contributed by atoms with Gasteiger partial charge in [0.05, 0.1) is 0 Å². The maximum Gasteiger partial charge on any atom is 0.0406 e. The minimum absolute atomic E-state index is 0.794. The molecule has 3 heteroatoms. The molecule has 0 saturated carbocycles. The number of benzene rings is 2. The molecule has 0 saturated heterocycles. The Balaban J connectivity index is 1.63. The second-order valence-corrected chi connectivity index (χ2v) is 5.90. The molecule has 0 fully saturated rings. The van der Waals surface area contributed by atoms with Crippen LogP contribution < -0.4 is 5.32 Å². The van der Waals surface area contributed by atoms with Crippen molar-refractivity contribution in [3.8, 4) is 0 Å². The number of fused-ring (bicyclic) bond motifs is 1. The Labute approximate surface area is 125 Å². The largest absolute Gasteiger partial charge is 0.384 e. The summed E-state index contributed by atoms with van der Waals surface area (Å²) in [4.78, 5) is 2.33. The first-order chi connectivity index (χ1) is 9.70. The third-order valence-corrected chi connectivity index (χ3v) is 3.95. The van der Waals surface area contributed by atoms with Crippen molar-refractivity contribution in [3.63, 3.8) is 0 Å². The lowest BCUT2D eigenvalue weighted by Crippen LogP contribution is -2.17. The van der Waals surface area contributed by atoms with Gasteiger partial charge in [-0.3, -0.25) is 4.90 Å². The Morgan fingerprint density at radius 1 is 1.05 bits per heavy atom. The third-order valence-electron chi connectivity index (χ3n) is 3.70. The van der Waals surface area contributed by atoms with Gasteiger partial charge in [0.25, 0.3) is 0 Å². The van der Waals surface area contributed by atoms with Crippen molar-refractivity contribution in [1.29, 1.82) is 0 Å². The Morgan fingerprint density at radius 2 is 1.75 bits per heavy atom. The maximum absolute atomic E-state index is 5.91. The molecule has 0 spiro atoms. The number of nitrogens with zero attached hydrogens (tertiary/aromatic N) is 1. The van der Waals surface area contributed by atoms with Crippen LogP contribution in [0.2, 0.25) is 5.02 Å². The highest BCUT2D eigenvalue weighted by atomic mass is 35.5. The summed E-state index contributed by atoms with van der Waals surface area (Å²) in [5.41, 5.74) is 5.42. The highest BCUT2D eigenvalue weighted by molar-refractivity contribution is 6.30. The number of hydrogen-bond acceptors (Lipinski definition) is 2. The Hall–Kier alpha value is -1.51. The molecule has 104 valence electrons. The fourth-order valence-corrected chi connectivity index (χ4v) is 2.85. The molecule has 1 aliphatic rings. The van der Waals surface area contributed by atoms with E-state index in [1.807, 2.05) is 12.1 Å². The van der Waals surface area contributed by atoms with E-state index in [2.05, 4.69) is 47.6 Å². The zero-order chi connectivity index (χ0) is 13.9. The van der Waals surface area contributed by atoms with Crippen molar-refractivity contribution >= 4 is 17.3 Å². The van der Waals surface area contributed by atoms with Crippen LogP contribution in [0, 0.1) is 0 Å². The van der Waals surface area contributed by atoms with E-state index in [0.717, 1.165) is 31.1 Å². The summed E-state index contributed by atoms with van der Waals surface area (Å²) in [5, 5.41) is 4.19. The Morgan fingerprint density at radius 3 is 2.55 bits per heavy atom. The number of rotatable bonds is 4. The lowest BCUT2D eigenvalue weighted by molar-refractivity contribution is 0.319. The quantitative estimate of drug-likeness (QED) is 0.916. The van der Waals surface area contributed by atoms with Crippen molar-refractivity contribution < 1.29 is 0 Å². The lowest BCUT2D eigenvalue weighted by Gasteiger charge is -2.17. The van der Waals surface area contributed by atoms with Crippen LogP contribution in [0.5, 0.6) is 0 Å². The topological polar surface area (TPSA) is 15.3 Å². The fraction of sp³-hybridized carbons (Fsp3) is 0.294. The predicted octanol–water partition coefficient (Wildman–Crippen LogP) is 3.94. The van der Waals surface area contributed by atoms with E-state index in [9.17, 15) is 0 Å². The first-order valence-corrected chi connectivity index (χ1v) is 7.37. The molecule has 0 amide bonds. The molecule has 20 heavy (non-hydrogen) atoms. The molecule has 0 aliphatic carbocycles. The molecular weight excluding hydrogens is 268 g/mol. The zero-order valence-electron chi connectivity index (χ0n) is 11.7. The normalized spacial score (nSPS) is 13.3. The highest BCUT2D eigenvalue weighted by Crippen LogP contribution is 2.23. The Kier molecular flexibility index (Phi) is 3.95. The first-order valence-electron chi connectivity index (χ1n) is 6.99. The molecular formula is C17H19ClN2. The van der Waals surface area contributed by atoms with Crippen LogP contribution in [0.3, 0.4) is 0 Å². The number of anilines is 1. The summed E-state index contributed by atoms with van der Waals surface area (Å²) in [7, 11) is 2.15. The van der Waals surface area contributed by atoms with Gasteiger partial charge in [-0.25, -0.2) is 0 Å². The van der Waals surface area contributed by atoms with E-state index in [4.69, 9.17) is 11.6 Å². The smallest absolute Gasteiger partial charge is 0.0406 e. The summed E-state index contributed by atoms with van der Waals surface area (Å²) in [6, 6.07) is 14.8. The molecule has 0 atom stereocenters. The number of nitrogens with one attached hydrogen (secondary N) is 1. The molecule has 0 radical (unpaired) electrons. The summed E-state index contributed by atoms with van der Waals surface area (Å²) in [6.45, 7) is 2.97. The lowest BCUT2D eigenvalue weighted by atomic mass is 10.1. The summed E-state index contributed by atoms with van der Waals surface area (Å²) in [6.07, 6.45) is 1.14. The first kappa shape index (κ1) is 13.5. The van der Waals surface area contributed by atoms with Crippen LogP contribution in [0.4, 0.5) is 5.69 Å². The molecule has 2 aromatic carbocycles. The van der Waals surface area contributed by atoms with Gasteiger partial charge in [0.1, 0.15) is 0 Å². The molecule has 2 aromatic rings. The second-order valence-electron chi connectivity index (χ2n) is 5.47. The summed E-state index contributed by atoms with van der Waals surface area (Å²) in [5.74, 6) is 0. The SMILES string of the molecule is CN(Cc1ccc(Cl)cc1)Cc1ccc2c(c1)CCN2. The van der Waals surface area contributed by atoms with Gasteiger partial charge in [-0.1, -0.05) is 35.9 Å². The monoisotopic (exact) mass is 286 g/mol. The van der Waals surface area contributed by atoms with Crippen LogP contribution in [0.1, 0.15) is 16.7 Å². The average molecular weight is 287 g/mol. The van der Waals surface area contributed by atoms with E-state index in [0.29, 0.717) is 0 Å². The van der Waals surface area contributed by atoms with Gasteiger partial charge in [0, 0.05) is 30.3 Å². The van der Waals surface area contributed by atoms with E-state index in [1.54, 1.807) is 0 Å². The molecule has 1 aliphatic heterocycles. The maximum atomic E-state index is 5.91. The molecule has 1 N–H and O–H groups in total. The van der Waals surface area contributed by atoms with Gasteiger partial charge in [-0.2, -0.15) is 0 Å². The molecule has 2 nitrogen and oxygen atoms in total. The van der Waals surface area contributed by atoms with Crippen molar-refractivity contribution in [3.05, 3.63) is 64.2 Å². The van der Waals surface area contributed by atoms with Crippen LogP contribution in [0.15, 0.2) is 42.5 Å². The van der Waals surface area contributed by atoms with Crippen LogP contribution in [0.25, 0.3) is 0 Å². The minimum atomic E-state index is 0.794. The van der Waals surface area contributed by atoms with Crippen LogP contribution in [-0.2, 0) is 19.5 Å². The minimum Gasteiger partial charge on any atom is -0.384 e. The van der Waals surface area contributed by atoms with E-state index in [1.165, 1.54) is 22.4 Å². The standard InChI is InChI=1S/C17H19ClN2/c1-20(11-13-2-5-16(18)6-3-13)12-14-4-7-17-15(10-14)8-9-19-17/h2-7,10,19H,8-9,11-12H2,1H3. The van der Waals surface area contributed by atoms with E-state index >= 15 is 0 Å². The Bertz CT molecular complexity index is 592. The summed E-state index contributed by atoms with van der Waals surface area (Å²) >= 11 is 5.91. The highest BCUT2D eigenvalue weighted by Gasteiger charge is 2.10. The molecule has 0 unspecified atom stereocenters. The van der Waals surface area contributed by atoms with Crippen LogP contribution in [-0.4, -0.2) is 18.5 Å². The van der Waals surface area contributed by atoms with Gasteiger partial charge in [0.2, 0.25) is 0 Å². The van der Waals surface area contributed by atoms with Crippen molar-refractivity contribution in [2.75, 3.05) is 18.9 Å². The average Bonchev–Trinajstić information content (AvgIpc) is 2.89. The molecule has 3 rings (SSSR count). The molecule has 0 bridgehead atoms. The molecule has 0 aromatic heterocycles. The zero-order valence-corrected chi connectivity index (χ0v) is 12.5. The number of halogens is 1. The van der Waals surface area contributed by atoms with Crippen molar-refractivity contribution in [2.24, 2.45) is 0 Å². The molecule has 1 heterocycles. The van der Waals surface area contributed by atoms with Crippen LogP contribution >= 0.6 is 11.6 Å². The van der Waals surface area contributed by atoms with E-state index in [-0.39, 0.29) is 0 Å². The van der Waals surface area contributed by atoms with Gasteiger partial charge < -0.3 is 5.32 Å². The van der Waals surface area contributed by atoms with Gasteiger partial charge in [-0.15, -0.1) is 0 Å². The predicted molar refractivity (Wildman–Crippen MR) is 85.3 cm³/mol. The fourth-order valence-electron chi connectivity index (χ4n) is 2.73. The van der Waals surface area contributed by atoms with Crippen molar-refractivity contribution in [2.45, 2.75) is 19.5 Å². The number of hydrogen-bond donors (Lipinski definition) is 1. The summed E-state index contributed by atoms with van der Waals surface area (Å²) < 4.78 is 0. The van der Waals surface area contributed by atoms with Gasteiger partial charge in [0.15, 0.2) is 0 Å².